The van der Waals surface area contributed by atoms with Crippen molar-refractivity contribution in [1.82, 2.24) is 14.9 Å². The Bertz CT molecular complexity index is 659. The SMILES string of the molecule is CN(C(=O)[C@H]1CCCS1)[C@@H](c1ccc(F)cc1)c1ncccn1. The lowest BCUT2D eigenvalue weighted by Crippen LogP contribution is -2.38. The van der Waals surface area contributed by atoms with Crippen molar-refractivity contribution >= 4 is 17.7 Å². The van der Waals surface area contributed by atoms with E-state index in [1.807, 2.05) is 0 Å². The lowest BCUT2D eigenvalue weighted by Gasteiger charge is -2.29. The number of benzene rings is 1. The van der Waals surface area contributed by atoms with E-state index in [-0.39, 0.29) is 17.0 Å². The summed E-state index contributed by atoms with van der Waals surface area (Å²) >= 11 is 1.70. The van der Waals surface area contributed by atoms with Gasteiger partial charge in [0.05, 0.1) is 5.25 Å². The van der Waals surface area contributed by atoms with Gasteiger partial charge >= 0.3 is 0 Å². The molecule has 2 heterocycles. The van der Waals surface area contributed by atoms with E-state index >= 15 is 0 Å². The van der Waals surface area contributed by atoms with Gasteiger partial charge in [-0.3, -0.25) is 4.79 Å². The van der Waals surface area contributed by atoms with Crippen molar-refractivity contribution in [3.63, 3.8) is 0 Å². The molecule has 0 aliphatic carbocycles. The highest BCUT2D eigenvalue weighted by Crippen LogP contribution is 2.32. The van der Waals surface area contributed by atoms with Crippen LogP contribution in [-0.2, 0) is 4.79 Å². The van der Waals surface area contributed by atoms with E-state index < -0.39 is 6.04 Å². The van der Waals surface area contributed by atoms with Gasteiger partial charge in [0.25, 0.3) is 0 Å². The molecule has 0 N–H and O–H groups in total. The molecule has 120 valence electrons. The number of hydrogen-bond acceptors (Lipinski definition) is 4. The Kier molecular flexibility index (Phi) is 4.91. The van der Waals surface area contributed by atoms with Crippen molar-refractivity contribution in [3.05, 3.63) is 59.9 Å². The minimum Gasteiger partial charge on any atom is -0.330 e. The number of thioether (sulfide) groups is 1. The first-order chi connectivity index (χ1) is 11.2. The van der Waals surface area contributed by atoms with Gasteiger partial charge in [0.2, 0.25) is 5.91 Å². The molecular formula is C17H18FN3OS. The lowest BCUT2D eigenvalue weighted by atomic mass is 10.0. The Labute approximate surface area is 139 Å². The fourth-order valence-electron chi connectivity index (χ4n) is 2.77. The second kappa shape index (κ2) is 7.08. The molecule has 1 aliphatic heterocycles. The fraction of sp³-hybridized carbons (Fsp3) is 0.353. The van der Waals surface area contributed by atoms with E-state index in [9.17, 15) is 9.18 Å². The Morgan fingerprint density at radius 1 is 1.30 bits per heavy atom. The van der Waals surface area contributed by atoms with Crippen molar-refractivity contribution in [1.29, 1.82) is 0 Å². The highest BCUT2D eigenvalue weighted by Gasteiger charge is 2.32. The summed E-state index contributed by atoms with van der Waals surface area (Å²) in [5.74, 6) is 1.34. The monoisotopic (exact) mass is 331 g/mol. The molecule has 1 saturated heterocycles. The molecule has 23 heavy (non-hydrogen) atoms. The van der Waals surface area contributed by atoms with Crippen LogP contribution >= 0.6 is 11.8 Å². The zero-order chi connectivity index (χ0) is 16.2. The summed E-state index contributed by atoms with van der Waals surface area (Å²) in [6.45, 7) is 0. The van der Waals surface area contributed by atoms with Crippen LogP contribution in [0, 0.1) is 5.82 Å². The number of aromatic nitrogens is 2. The van der Waals surface area contributed by atoms with Gasteiger partial charge in [0, 0.05) is 19.4 Å². The van der Waals surface area contributed by atoms with Crippen LogP contribution in [0.4, 0.5) is 4.39 Å². The second-order valence-electron chi connectivity index (χ2n) is 5.51. The van der Waals surface area contributed by atoms with E-state index in [1.54, 1.807) is 54.3 Å². The van der Waals surface area contributed by atoms with Gasteiger partial charge in [-0.1, -0.05) is 12.1 Å². The summed E-state index contributed by atoms with van der Waals surface area (Å²) in [5.41, 5.74) is 0.802. The standard InChI is InChI=1S/C17H18FN3OS/c1-21(17(22)14-4-2-11-23-14)15(16-19-9-3-10-20-16)12-5-7-13(18)8-6-12/h3,5-10,14-15H,2,4,11H2,1H3/t14-,15+/m1/s1. The number of halogens is 1. The molecule has 0 unspecified atom stereocenters. The number of amides is 1. The minimum absolute atomic E-state index is 0.00772. The highest BCUT2D eigenvalue weighted by atomic mass is 32.2. The van der Waals surface area contributed by atoms with Crippen LogP contribution in [0.25, 0.3) is 0 Å². The normalized spacial score (nSPS) is 18.6. The van der Waals surface area contributed by atoms with Gasteiger partial charge in [-0.15, -0.1) is 11.8 Å². The number of nitrogens with zero attached hydrogens (tertiary/aromatic N) is 3. The summed E-state index contributed by atoms with van der Waals surface area (Å²) in [5, 5.41) is -0.00772. The average Bonchev–Trinajstić information content (AvgIpc) is 3.11. The molecule has 2 atom stereocenters. The topological polar surface area (TPSA) is 46.1 Å². The predicted molar refractivity (Wildman–Crippen MR) is 88.5 cm³/mol. The van der Waals surface area contributed by atoms with Gasteiger partial charge in [0.1, 0.15) is 11.9 Å². The summed E-state index contributed by atoms with van der Waals surface area (Å²) in [7, 11) is 1.77. The van der Waals surface area contributed by atoms with E-state index in [2.05, 4.69) is 9.97 Å². The molecular weight excluding hydrogens is 313 g/mol. The van der Waals surface area contributed by atoms with Crippen LogP contribution in [0.2, 0.25) is 0 Å². The average molecular weight is 331 g/mol. The Morgan fingerprint density at radius 3 is 2.61 bits per heavy atom. The first kappa shape index (κ1) is 15.9. The number of carbonyl (C=O) groups excluding carboxylic acids is 1. The maximum Gasteiger partial charge on any atom is 0.236 e. The van der Waals surface area contributed by atoms with Crippen LogP contribution in [-0.4, -0.2) is 38.8 Å². The first-order valence-corrected chi connectivity index (χ1v) is 8.62. The minimum atomic E-state index is -0.412. The summed E-state index contributed by atoms with van der Waals surface area (Å²) in [6.07, 6.45) is 5.28. The molecule has 0 saturated carbocycles. The third-order valence-corrected chi connectivity index (χ3v) is 5.32. The third-order valence-electron chi connectivity index (χ3n) is 3.96. The van der Waals surface area contributed by atoms with Crippen LogP contribution in [0.1, 0.15) is 30.3 Å². The number of carbonyl (C=O) groups is 1. The zero-order valence-electron chi connectivity index (χ0n) is 12.9. The van der Waals surface area contributed by atoms with E-state index in [1.165, 1.54) is 12.1 Å². The van der Waals surface area contributed by atoms with E-state index in [0.717, 1.165) is 24.2 Å². The molecule has 1 aliphatic rings. The largest absolute Gasteiger partial charge is 0.330 e. The summed E-state index contributed by atoms with van der Waals surface area (Å²) < 4.78 is 13.2. The zero-order valence-corrected chi connectivity index (χ0v) is 13.7. The Hall–Kier alpha value is -1.95. The van der Waals surface area contributed by atoms with Crippen molar-refractivity contribution in [2.75, 3.05) is 12.8 Å². The second-order valence-corrected chi connectivity index (χ2v) is 6.82. The van der Waals surface area contributed by atoms with Crippen LogP contribution < -0.4 is 0 Å². The van der Waals surface area contributed by atoms with Crippen molar-refractivity contribution in [2.45, 2.75) is 24.1 Å². The lowest BCUT2D eigenvalue weighted by molar-refractivity contribution is -0.131. The van der Waals surface area contributed by atoms with E-state index in [4.69, 9.17) is 0 Å². The number of rotatable bonds is 4. The first-order valence-electron chi connectivity index (χ1n) is 7.57. The van der Waals surface area contributed by atoms with Gasteiger partial charge in [-0.05, 0) is 42.4 Å². The predicted octanol–water partition coefficient (Wildman–Crippen LogP) is 3.06. The van der Waals surface area contributed by atoms with Crippen LogP contribution in [0.5, 0.6) is 0 Å². The molecule has 0 spiro atoms. The van der Waals surface area contributed by atoms with Crippen molar-refractivity contribution in [2.24, 2.45) is 0 Å². The smallest absolute Gasteiger partial charge is 0.236 e. The maximum absolute atomic E-state index is 13.2. The molecule has 1 amide bonds. The van der Waals surface area contributed by atoms with Crippen LogP contribution in [0.3, 0.4) is 0 Å². The van der Waals surface area contributed by atoms with Gasteiger partial charge < -0.3 is 4.90 Å². The van der Waals surface area contributed by atoms with E-state index in [0.29, 0.717) is 5.82 Å². The molecule has 0 radical (unpaired) electrons. The highest BCUT2D eigenvalue weighted by molar-refractivity contribution is 8.00. The molecule has 1 aromatic heterocycles. The molecule has 2 aromatic rings. The van der Waals surface area contributed by atoms with Gasteiger partial charge in [-0.2, -0.15) is 0 Å². The van der Waals surface area contributed by atoms with Crippen molar-refractivity contribution < 1.29 is 9.18 Å². The summed E-state index contributed by atoms with van der Waals surface area (Å²) in [4.78, 5) is 23.1. The summed E-state index contributed by atoms with van der Waals surface area (Å²) in [6, 6.07) is 7.48. The third kappa shape index (κ3) is 3.52. The Balaban J connectivity index is 1.94. The maximum atomic E-state index is 13.2. The van der Waals surface area contributed by atoms with Crippen molar-refractivity contribution in [3.8, 4) is 0 Å². The molecule has 4 nitrogen and oxygen atoms in total. The van der Waals surface area contributed by atoms with Gasteiger partial charge in [0.15, 0.2) is 5.82 Å². The molecule has 3 rings (SSSR count). The quantitative estimate of drug-likeness (QED) is 0.864. The number of hydrogen-bond donors (Lipinski definition) is 0. The molecule has 6 heteroatoms. The van der Waals surface area contributed by atoms with Crippen LogP contribution in [0.15, 0.2) is 42.7 Å². The Morgan fingerprint density at radius 2 is 2.00 bits per heavy atom. The fourth-order valence-corrected chi connectivity index (χ4v) is 4.03. The molecule has 0 bridgehead atoms. The van der Waals surface area contributed by atoms with Gasteiger partial charge in [-0.25, -0.2) is 14.4 Å². The molecule has 1 aromatic carbocycles. The molecule has 1 fully saturated rings.